The monoisotopic (exact) mass is 217 g/mol. The van der Waals surface area contributed by atoms with Gasteiger partial charge >= 0.3 is 0 Å². The van der Waals surface area contributed by atoms with E-state index in [0.29, 0.717) is 12.3 Å². The predicted molar refractivity (Wildman–Crippen MR) is 66.9 cm³/mol. The number of aryl methyl sites for hydroxylation is 1. The van der Waals surface area contributed by atoms with E-state index in [9.17, 15) is 4.79 Å². The normalized spacial score (nSPS) is 16.2. The molecule has 2 nitrogen and oxygen atoms in total. The molecule has 0 aromatic heterocycles. The summed E-state index contributed by atoms with van der Waals surface area (Å²) in [6.45, 7) is 7.31. The third-order valence-corrected chi connectivity index (χ3v) is 3.26. The Morgan fingerprint density at radius 2 is 2.06 bits per heavy atom. The first-order chi connectivity index (χ1) is 7.59. The van der Waals surface area contributed by atoms with Gasteiger partial charge in [0.2, 0.25) is 5.91 Å². The Labute approximate surface area is 97.3 Å². The molecule has 2 rings (SSSR count). The number of rotatable bonds is 2. The zero-order chi connectivity index (χ0) is 11.7. The molecule has 0 radical (unpaired) electrons. The Morgan fingerprint density at radius 3 is 2.62 bits per heavy atom. The van der Waals surface area contributed by atoms with E-state index in [1.54, 1.807) is 0 Å². The second-order valence-electron chi connectivity index (χ2n) is 4.85. The minimum absolute atomic E-state index is 0.268. The van der Waals surface area contributed by atoms with Gasteiger partial charge in [0.15, 0.2) is 0 Å². The average molecular weight is 217 g/mol. The van der Waals surface area contributed by atoms with Crippen molar-refractivity contribution in [3.63, 3.8) is 0 Å². The first-order valence-corrected chi connectivity index (χ1v) is 6.00. The largest absolute Gasteiger partial charge is 0.312 e. The molecule has 1 heterocycles. The van der Waals surface area contributed by atoms with Crippen molar-refractivity contribution in [2.24, 2.45) is 0 Å². The van der Waals surface area contributed by atoms with Gasteiger partial charge in [-0.1, -0.05) is 26.0 Å². The molecule has 1 aromatic carbocycles. The summed E-state index contributed by atoms with van der Waals surface area (Å²) in [4.78, 5) is 13.7. The van der Waals surface area contributed by atoms with Gasteiger partial charge in [-0.25, -0.2) is 0 Å². The van der Waals surface area contributed by atoms with Crippen LogP contribution in [0.1, 0.15) is 43.7 Å². The van der Waals surface area contributed by atoms with Crippen LogP contribution >= 0.6 is 0 Å². The first kappa shape index (κ1) is 11.2. The van der Waals surface area contributed by atoms with Gasteiger partial charge in [0.05, 0.1) is 0 Å². The van der Waals surface area contributed by atoms with E-state index in [-0.39, 0.29) is 5.91 Å². The summed E-state index contributed by atoms with van der Waals surface area (Å²) in [5, 5.41) is 0. The van der Waals surface area contributed by atoms with Crippen molar-refractivity contribution in [2.75, 3.05) is 11.4 Å². The third kappa shape index (κ3) is 1.97. The second kappa shape index (κ2) is 4.28. The van der Waals surface area contributed by atoms with Crippen LogP contribution in [0, 0.1) is 6.92 Å². The van der Waals surface area contributed by atoms with Crippen LogP contribution in [0.25, 0.3) is 0 Å². The topological polar surface area (TPSA) is 20.3 Å². The van der Waals surface area contributed by atoms with Crippen LogP contribution in [0.15, 0.2) is 18.2 Å². The van der Waals surface area contributed by atoms with Crippen LogP contribution in [-0.2, 0) is 4.79 Å². The Kier molecular flexibility index (Phi) is 2.99. The minimum Gasteiger partial charge on any atom is -0.312 e. The lowest BCUT2D eigenvalue weighted by molar-refractivity contribution is -0.117. The van der Waals surface area contributed by atoms with Crippen LogP contribution in [0.5, 0.6) is 0 Å². The number of hydrogen-bond acceptors (Lipinski definition) is 1. The van der Waals surface area contributed by atoms with Gasteiger partial charge in [-0.3, -0.25) is 4.79 Å². The van der Waals surface area contributed by atoms with Crippen molar-refractivity contribution in [3.8, 4) is 0 Å². The predicted octanol–water partition coefficient (Wildman–Crippen LogP) is 3.25. The Balaban J connectivity index is 2.38. The van der Waals surface area contributed by atoms with E-state index in [2.05, 4.69) is 39.0 Å². The number of benzene rings is 1. The van der Waals surface area contributed by atoms with Gasteiger partial charge in [0.1, 0.15) is 0 Å². The fourth-order valence-electron chi connectivity index (χ4n) is 2.18. The smallest absolute Gasteiger partial charge is 0.227 e. The molecular weight excluding hydrogens is 198 g/mol. The number of hydrogen-bond donors (Lipinski definition) is 0. The van der Waals surface area contributed by atoms with Gasteiger partial charge in [-0.15, -0.1) is 0 Å². The molecule has 1 saturated heterocycles. The molecule has 0 atom stereocenters. The molecule has 16 heavy (non-hydrogen) atoms. The van der Waals surface area contributed by atoms with Gasteiger partial charge in [0.25, 0.3) is 0 Å². The van der Waals surface area contributed by atoms with Crippen molar-refractivity contribution < 1.29 is 4.79 Å². The van der Waals surface area contributed by atoms with Crippen LogP contribution in [-0.4, -0.2) is 12.5 Å². The Hall–Kier alpha value is -1.31. The molecule has 0 saturated carbocycles. The molecule has 2 heteroatoms. The maximum absolute atomic E-state index is 11.7. The highest BCUT2D eigenvalue weighted by atomic mass is 16.2. The molecule has 1 aromatic rings. The summed E-state index contributed by atoms with van der Waals surface area (Å²) in [5.41, 5.74) is 3.61. The van der Waals surface area contributed by atoms with E-state index in [1.807, 2.05) is 4.90 Å². The summed E-state index contributed by atoms with van der Waals surface area (Å²) in [7, 11) is 0. The van der Waals surface area contributed by atoms with Crippen LogP contribution < -0.4 is 4.90 Å². The van der Waals surface area contributed by atoms with Gasteiger partial charge < -0.3 is 4.90 Å². The SMILES string of the molecule is Cc1ccc(C(C)C)cc1N1CCCC1=O. The number of nitrogens with zero attached hydrogens (tertiary/aromatic N) is 1. The maximum atomic E-state index is 11.7. The first-order valence-electron chi connectivity index (χ1n) is 6.00. The summed E-state index contributed by atoms with van der Waals surface area (Å²) in [6, 6.07) is 6.45. The Bertz CT molecular complexity index is 409. The van der Waals surface area contributed by atoms with E-state index in [0.717, 1.165) is 18.7 Å². The van der Waals surface area contributed by atoms with Crippen molar-refractivity contribution in [1.82, 2.24) is 0 Å². The average Bonchev–Trinajstić information content (AvgIpc) is 2.65. The summed E-state index contributed by atoms with van der Waals surface area (Å²) in [5.74, 6) is 0.779. The molecule has 0 unspecified atom stereocenters. The molecule has 86 valence electrons. The van der Waals surface area contributed by atoms with Crippen LogP contribution in [0.4, 0.5) is 5.69 Å². The number of carbonyl (C=O) groups excluding carboxylic acids is 1. The van der Waals surface area contributed by atoms with Gasteiger partial charge in [0, 0.05) is 18.7 Å². The van der Waals surface area contributed by atoms with E-state index in [4.69, 9.17) is 0 Å². The lowest BCUT2D eigenvalue weighted by Crippen LogP contribution is -2.24. The molecule has 1 aliphatic rings. The highest BCUT2D eigenvalue weighted by Crippen LogP contribution is 2.28. The fraction of sp³-hybridized carbons (Fsp3) is 0.500. The molecule has 1 aliphatic heterocycles. The van der Waals surface area contributed by atoms with Gasteiger partial charge in [-0.05, 0) is 36.5 Å². The third-order valence-electron chi connectivity index (χ3n) is 3.26. The molecule has 0 N–H and O–H groups in total. The molecule has 0 spiro atoms. The maximum Gasteiger partial charge on any atom is 0.227 e. The standard InChI is InChI=1S/C14H19NO/c1-10(2)12-7-6-11(3)13(9-12)15-8-4-5-14(15)16/h6-7,9-10H,4-5,8H2,1-3H3. The van der Waals surface area contributed by atoms with Crippen molar-refractivity contribution in [3.05, 3.63) is 29.3 Å². The highest BCUT2D eigenvalue weighted by molar-refractivity contribution is 5.96. The highest BCUT2D eigenvalue weighted by Gasteiger charge is 2.23. The molecule has 0 bridgehead atoms. The lowest BCUT2D eigenvalue weighted by Gasteiger charge is -2.20. The van der Waals surface area contributed by atoms with Crippen molar-refractivity contribution in [1.29, 1.82) is 0 Å². The van der Waals surface area contributed by atoms with Crippen molar-refractivity contribution in [2.45, 2.75) is 39.5 Å². The van der Waals surface area contributed by atoms with Crippen molar-refractivity contribution >= 4 is 11.6 Å². The van der Waals surface area contributed by atoms with Crippen LogP contribution in [0.3, 0.4) is 0 Å². The van der Waals surface area contributed by atoms with E-state index in [1.165, 1.54) is 11.1 Å². The molecule has 1 fully saturated rings. The van der Waals surface area contributed by atoms with Crippen LogP contribution in [0.2, 0.25) is 0 Å². The zero-order valence-electron chi connectivity index (χ0n) is 10.3. The quantitative estimate of drug-likeness (QED) is 0.744. The molecule has 1 amide bonds. The lowest BCUT2D eigenvalue weighted by atomic mass is 10.0. The molecular formula is C14H19NO. The van der Waals surface area contributed by atoms with Gasteiger partial charge in [-0.2, -0.15) is 0 Å². The van der Waals surface area contributed by atoms with E-state index < -0.39 is 0 Å². The summed E-state index contributed by atoms with van der Waals surface area (Å²) in [6.07, 6.45) is 1.69. The number of anilines is 1. The minimum atomic E-state index is 0.268. The molecule has 0 aliphatic carbocycles. The summed E-state index contributed by atoms with van der Waals surface area (Å²) < 4.78 is 0. The Morgan fingerprint density at radius 1 is 1.31 bits per heavy atom. The zero-order valence-corrected chi connectivity index (χ0v) is 10.3. The fourth-order valence-corrected chi connectivity index (χ4v) is 2.18. The number of amides is 1. The van der Waals surface area contributed by atoms with E-state index >= 15 is 0 Å². The summed E-state index contributed by atoms with van der Waals surface area (Å²) >= 11 is 0. The second-order valence-corrected chi connectivity index (χ2v) is 4.85. The number of carbonyl (C=O) groups is 1.